The van der Waals surface area contributed by atoms with E-state index in [2.05, 4.69) is 66.2 Å². The zero-order valence-electron chi connectivity index (χ0n) is 18.6. The van der Waals surface area contributed by atoms with Crippen LogP contribution in [0.3, 0.4) is 0 Å². The monoisotopic (exact) mass is 419 g/mol. The molecule has 0 saturated heterocycles. The number of nitrogens with one attached hydrogen (secondary N) is 1. The standard InChI is InChI=1S/C26H33N3O2/c1-3-19(2)20-12-14-22(15-13-20)31-18-17-29-24-8-5-4-7-23(24)28-25(29)9-6-16-27-26(30)21-10-11-21/h4-5,7-8,12-15,19,21H,3,6,9-11,16-18H2,1-2H3,(H,27,30). The Hall–Kier alpha value is -2.82. The number of hydrogen-bond acceptors (Lipinski definition) is 3. The Morgan fingerprint density at radius 2 is 1.97 bits per heavy atom. The molecule has 0 spiro atoms. The summed E-state index contributed by atoms with van der Waals surface area (Å²) in [6.07, 6.45) is 4.95. The largest absolute Gasteiger partial charge is 0.492 e. The number of aryl methyl sites for hydroxylation is 1. The van der Waals surface area contributed by atoms with Crippen molar-refractivity contribution in [2.75, 3.05) is 13.2 Å². The quantitative estimate of drug-likeness (QED) is 0.441. The SMILES string of the molecule is CCC(C)c1ccc(OCCn2c(CCCNC(=O)C3CC3)nc3ccccc32)cc1. The number of hydrogen-bond donors (Lipinski definition) is 1. The number of benzene rings is 2. The molecule has 164 valence electrons. The van der Waals surface area contributed by atoms with Crippen LogP contribution in [-0.4, -0.2) is 28.6 Å². The fourth-order valence-corrected chi connectivity index (χ4v) is 3.90. The Morgan fingerprint density at radius 1 is 1.19 bits per heavy atom. The van der Waals surface area contributed by atoms with Crippen LogP contribution in [-0.2, 0) is 17.8 Å². The lowest BCUT2D eigenvalue weighted by Gasteiger charge is -2.13. The van der Waals surface area contributed by atoms with Gasteiger partial charge in [0.2, 0.25) is 5.91 Å². The van der Waals surface area contributed by atoms with Crippen LogP contribution in [0.2, 0.25) is 0 Å². The zero-order valence-corrected chi connectivity index (χ0v) is 18.6. The first-order valence-corrected chi connectivity index (χ1v) is 11.6. The normalized spacial score (nSPS) is 14.5. The minimum Gasteiger partial charge on any atom is -0.492 e. The first-order chi connectivity index (χ1) is 15.2. The van der Waals surface area contributed by atoms with Crippen molar-refractivity contribution in [3.8, 4) is 5.75 Å². The third-order valence-corrected chi connectivity index (χ3v) is 6.20. The summed E-state index contributed by atoms with van der Waals surface area (Å²) in [5.41, 5.74) is 3.50. The summed E-state index contributed by atoms with van der Waals surface area (Å²) in [4.78, 5) is 16.7. The van der Waals surface area contributed by atoms with E-state index in [9.17, 15) is 4.79 Å². The maximum atomic E-state index is 11.8. The summed E-state index contributed by atoms with van der Waals surface area (Å²) in [5, 5.41) is 3.05. The highest BCUT2D eigenvalue weighted by Gasteiger charge is 2.29. The van der Waals surface area contributed by atoms with E-state index in [0.717, 1.165) is 61.3 Å². The Morgan fingerprint density at radius 3 is 2.71 bits per heavy atom. The van der Waals surface area contributed by atoms with E-state index >= 15 is 0 Å². The Bertz CT molecular complexity index is 1010. The van der Waals surface area contributed by atoms with Crippen molar-refractivity contribution in [2.45, 2.75) is 58.4 Å². The summed E-state index contributed by atoms with van der Waals surface area (Å²) in [6.45, 7) is 6.51. The molecule has 4 rings (SSSR count). The molecular formula is C26H33N3O2. The second kappa shape index (κ2) is 9.99. The van der Waals surface area contributed by atoms with Gasteiger partial charge < -0.3 is 14.6 Å². The molecule has 5 nitrogen and oxygen atoms in total. The highest BCUT2D eigenvalue weighted by Crippen LogP contribution is 2.28. The fourth-order valence-electron chi connectivity index (χ4n) is 3.90. The van der Waals surface area contributed by atoms with E-state index in [1.807, 2.05) is 6.07 Å². The second-order valence-corrected chi connectivity index (χ2v) is 8.56. The van der Waals surface area contributed by atoms with Crippen LogP contribution in [0.1, 0.15) is 56.8 Å². The highest BCUT2D eigenvalue weighted by molar-refractivity contribution is 5.80. The van der Waals surface area contributed by atoms with E-state index in [0.29, 0.717) is 19.1 Å². The van der Waals surface area contributed by atoms with Gasteiger partial charge in [-0.25, -0.2) is 4.98 Å². The first kappa shape index (κ1) is 21.4. The van der Waals surface area contributed by atoms with Crippen LogP contribution >= 0.6 is 0 Å². The van der Waals surface area contributed by atoms with Crippen LogP contribution in [0, 0.1) is 5.92 Å². The molecule has 31 heavy (non-hydrogen) atoms. The predicted octanol–water partition coefficient (Wildman–Crippen LogP) is 5.09. The summed E-state index contributed by atoms with van der Waals surface area (Å²) in [5.74, 6) is 3.00. The number of amides is 1. The number of ether oxygens (including phenoxy) is 1. The van der Waals surface area contributed by atoms with Crippen LogP contribution in [0.25, 0.3) is 11.0 Å². The molecule has 1 aromatic heterocycles. The van der Waals surface area contributed by atoms with Crippen LogP contribution < -0.4 is 10.1 Å². The van der Waals surface area contributed by atoms with Gasteiger partial charge in [0.05, 0.1) is 17.6 Å². The topological polar surface area (TPSA) is 56.1 Å². The Kier molecular flexibility index (Phi) is 6.90. The highest BCUT2D eigenvalue weighted by atomic mass is 16.5. The molecule has 3 aromatic rings. The summed E-state index contributed by atoms with van der Waals surface area (Å²) >= 11 is 0. The van der Waals surface area contributed by atoms with Crippen LogP contribution in [0.5, 0.6) is 5.75 Å². The van der Waals surface area contributed by atoms with Crippen LogP contribution in [0.15, 0.2) is 48.5 Å². The van der Waals surface area contributed by atoms with Crippen molar-refractivity contribution in [1.82, 2.24) is 14.9 Å². The molecule has 1 heterocycles. The van der Waals surface area contributed by atoms with E-state index in [1.165, 1.54) is 5.56 Å². The molecule has 0 radical (unpaired) electrons. The molecule has 5 heteroatoms. The molecule has 1 aliphatic rings. The van der Waals surface area contributed by atoms with Crippen molar-refractivity contribution < 1.29 is 9.53 Å². The molecule has 1 atom stereocenters. The third-order valence-electron chi connectivity index (χ3n) is 6.20. The average molecular weight is 420 g/mol. The smallest absolute Gasteiger partial charge is 0.223 e. The molecule has 1 fully saturated rings. The van der Waals surface area contributed by atoms with Gasteiger partial charge in [-0.3, -0.25) is 4.79 Å². The Balaban J connectivity index is 1.35. The molecule has 1 N–H and O–H groups in total. The second-order valence-electron chi connectivity index (χ2n) is 8.56. The van der Waals surface area contributed by atoms with Gasteiger partial charge in [-0.2, -0.15) is 0 Å². The number of nitrogens with zero attached hydrogens (tertiary/aromatic N) is 2. The van der Waals surface area contributed by atoms with Crippen molar-refractivity contribution in [3.63, 3.8) is 0 Å². The van der Waals surface area contributed by atoms with Crippen molar-refractivity contribution in [1.29, 1.82) is 0 Å². The van der Waals surface area contributed by atoms with Crippen molar-refractivity contribution in [3.05, 3.63) is 59.9 Å². The minimum absolute atomic E-state index is 0.209. The van der Waals surface area contributed by atoms with Gasteiger partial charge in [0.1, 0.15) is 18.2 Å². The van der Waals surface area contributed by atoms with Gasteiger partial charge in [0.15, 0.2) is 0 Å². The number of carbonyl (C=O) groups is 1. The van der Waals surface area contributed by atoms with E-state index in [1.54, 1.807) is 0 Å². The molecule has 1 saturated carbocycles. The van der Waals surface area contributed by atoms with Gasteiger partial charge in [0, 0.05) is 18.9 Å². The summed E-state index contributed by atoms with van der Waals surface area (Å²) in [7, 11) is 0. The fraction of sp³-hybridized carbons (Fsp3) is 0.462. The lowest BCUT2D eigenvalue weighted by molar-refractivity contribution is -0.122. The number of aromatic nitrogens is 2. The van der Waals surface area contributed by atoms with Gasteiger partial charge in [0.25, 0.3) is 0 Å². The number of para-hydroxylation sites is 2. The molecule has 0 bridgehead atoms. The van der Waals surface area contributed by atoms with E-state index in [4.69, 9.17) is 9.72 Å². The molecular weight excluding hydrogens is 386 g/mol. The van der Waals surface area contributed by atoms with Crippen LogP contribution in [0.4, 0.5) is 0 Å². The average Bonchev–Trinajstić information content (AvgIpc) is 3.59. The first-order valence-electron chi connectivity index (χ1n) is 11.6. The number of imidazole rings is 1. The van der Waals surface area contributed by atoms with Gasteiger partial charge in [-0.15, -0.1) is 0 Å². The lowest BCUT2D eigenvalue weighted by atomic mass is 9.99. The lowest BCUT2D eigenvalue weighted by Crippen LogP contribution is -2.26. The molecule has 2 aromatic carbocycles. The number of rotatable bonds is 11. The maximum absolute atomic E-state index is 11.8. The number of carbonyl (C=O) groups excluding carboxylic acids is 1. The van der Waals surface area contributed by atoms with Crippen molar-refractivity contribution >= 4 is 16.9 Å². The zero-order chi connectivity index (χ0) is 21.6. The molecule has 1 amide bonds. The van der Waals surface area contributed by atoms with Gasteiger partial charge >= 0.3 is 0 Å². The third kappa shape index (κ3) is 5.46. The molecule has 1 aliphatic carbocycles. The molecule has 1 unspecified atom stereocenters. The van der Waals surface area contributed by atoms with Gasteiger partial charge in [-0.05, 0) is 61.4 Å². The summed E-state index contributed by atoms with van der Waals surface area (Å²) in [6, 6.07) is 16.7. The van der Waals surface area contributed by atoms with Gasteiger partial charge in [-0.1, -0.05) is 38.1 Å². The van der Waals surface area contributed by atoms with E-state index < -0.39 is 0 Å². The maximum Gasteiger partial charge on any atom is 0.223 e. The van der Waals surface area contributed by atoms with Crippen molar-refractivity contribution in [2.24, 2.45) is 5.92 Å². The summed E-state index contributed by atoms with van der Waals surface area (Å²) < 4.78 is 8.29. The Labute approximate surface area is 184 Å². The molecule has 0 aliphatic heterocycles. The predicted molar refractivity (Wildman–Crippen MR) is 124 cm³/mol. The number of fused-ring (bicyclic) bond motifs is 1. The van der Waals surface area contributed by atoms with E-state index in [-0.39, 0.29) is 11.8 Å². The minimum atomic E-state index is 0.209.